The number of anilines is 2. The maximum absolute atomic E-state index is 12.9. The molecule has 0 bridgehead atoms. The Morgan fingerprint density at radius 1 is 0.837 bits per heavy atom. The van der Waals surface area contributed by atoms with Gasteiger partial charge in [0.25, 0.3) is 11.8 Å². The number of esters is 1. The second kappa shape index (κ2) is 13.0. The molecule has 5 atom stereocenters. The van der Waals surface area contributed by atoms with Crippen molar-refractivity contribution in [2.24, 2.45) is 0 Å². The maximum atomic E-state index is 12.9. The second-order valence-corrected chi connectivity index (χ2v) is 17.9. The number of carboxylic acids is 1. The van der Waals surface area contributed by atoms with Crippen LogP contribution in [0.1, 0.15) is 39.1 Å². The smallest absolute Gasteiger partial charge is 0.548 e. The quantitative estimate of drug-likeness (QED) is 0.0967. The summed E-state index contributed by atoms with van der Waals surface area (Å²) >= 11 is 0. The number of carbonyl (C=O) groups is 4. The van der Waals surface area contributed by atoms with Crippen molar-refractivity contribution in [2.45, 2.75) is 60.0 Å². The number of amides is 2. The van der Waals surface area contributed by atoms with Gasteiger partial charge in [-0.3, -0.25) is 19.6 Å². The van der Waals surface area contributed by atoms with Gasteiger partial charge in [-0.25, -0.2) is 21.6 Å². The zero-order chi connectivity index (χ0) is 35.7. The molecule has 2 amide bonds. The van der Waals surface area contributed by atoms with E-state index in [1.807, 2.05) is 0 Å². The van der Waals surface area contributed by atoms with Gasteiger partial charge in [-0.1, -0.05) is 9.24 Å². The number of pyridine rings is 2. The number of rotatable bonds is 5. The summed E-state index contributed by atoms with van der Waals surface area (Å²) in [5.41, 5.74) is 12.9. The van der Waals surface area contributed by atoms with Gasteiger partial charge >= 0.3 is 35.5 Å². The molecule has 4 fully saturated rings. The Bertz CT molecular complexity index is 2020. The van der Waals surface area contributed by atoms with Crippen LogP contribution in [0.4, 0.5) is 11.4 Å². The van der Waals surface area contributed by atoms with Gasteiger partial charge in [0, 0.05) is 0 Å². The summed E-state index contributed by atoms with van der Waals surface area (Å²) in [4.78, 5) is 58.4. The van der Waals surface area contributed by atoms with Crippen molar-refractivity contribution in [1.82, 2.24) is 19.8 Å². The predicted octanol–water partition coefficient (Wildman–Crippen LogP) is -4.29. The average molecular weight is 743 g/mol. The van der Waals surface area contributed by atoms with Crippen LogP contribution in [-0.4, -0.2) is 99.0 Å². The Morgan fingerprint density at radius 3 is 1.57 bits per heavy atom. The van der Waals surface area contributed by atoms with E-state index in [4.69, 9.17) is 16.2 Å². The van der Waals surface area contributed by atoms with E-state index < -0.39 is 75.8 Å². The number of hydrogen-bond acceptors (Lipinski definition) is 14. The normalized spacial score (nSPS) is 27.9. The summed E-state index contributed by atoms with van der Waals surface area (Å²) < 4.78 is 52.9. The summed E-state index contributed by atoms with van der Waals surface area (Å²) in [6.07, 6.45) is 5.58. The molecule has 20 heteroatoms. The van der Waals surface area contributed by atoms with E-state index in [-0.39, 0.29) is 47.1 Å². The number of carboxylic acid groups (broad SMARTS) is 1. The molecule has 6 rings (SSSR count). The molecule has 16 nitrogen and oxygen atoms in total. The summed E-state index contributed by atoms with van der Waals surface area (Å²) in [6.45, 7) is 5.43. The first-order chi connectivity index (χ1) is 22.2. The van der Waals surface area contributed by atoms with Gasteiger partial charge in [-0.05, 0) is 64.1 Å². The van der Waals surface area contributed by atoms with E-state index in [0.717, 1.165) is 9.80 Å². The molecule has 4 N–H and O–H groups in total. The van der Waals surface area contributed by atoms with Crippen molar-refractivity contribution in [3.63, 3.8) is 0 Å². The van der Waals surface area contributed by atoms with Crippen LogP contribution >= 0.6 is 9.24 Å². The van der Waals surface area contributed by atoms with Crippen molar-refractivity contribution < 1.29 is 75.4 Å². The molecule has 0 radical (unpaired) electrons. The fourth-order valence-corrected chi connectivity index (χ4v) is 10.5. The van der Waals surface area contributed by atoms with Crippen molar-refractivity contribution in [3.8, 4) is 0 Å². The van der Waals surface area contributed by atoms with E-state index in [2.05, 4.69) is 19.2 Å². The zero-order valence-electron chi connectivity index (χ0n) is 27.1. The summed E-state index contributed by atoms with van der Waals surface area (Å²) in [6, 6.07) is 3.62. The van der Waals surface area contributed by atoms with Crippen LogP contribution in [0.3, 0.4) is 0 Å². The first kappa shape index (κ1) is 38.4. The van der Waals surface area contributed by atoms with Crippen molar-refractivity contribution in [1.29, 1.82) is 0 Å². The number of carbonyl (C=O) groups excluding carboxylic acids is 4. The number of ether oxygens (including phenoxy) is 1. The third-order valence-corrected chi connectivity index (χ3v) is 14.5. The number of nitrogen functional groups attached to an aromatic ring is 2. The third-order valence-electron chi connectivity index (χ3n) is 8.83. The fraction of sp³-hybridized carbons (Fsp3) is 0.379. The molecular formula is C29H32N6NaO10PS2. The van der Waals surface area contributed by atoms with E-state index >= 15 is 0 Å². The topological polar surface area (TPSA) is 253 Å². The summed E-state index contributed by atoms with van der Waals surface area (Å²) in [5, 5.41) is 8.87. The third kappa shape index (κ3) is 5.85. The first-order valence-corrected chi connectivity index (χ1v) is 18.2. The van der Waals surface area contributed by atoms with Crippen molar-refractivity contribution in [2.75, 3.05) is 17.8 Å². The Kier molecular flexibility index (Phi) is 10.2. The number of β-lactam (4-membered cyclic amide) rings is 2. The zero-order valence-corrected chi connectivity index (χ0v) is 31.8. The van der Waals surface area contributed by atoms with Gasteiger partial charge in [0.2, 0.25) is 0 Å². The monoisotopic (exact) mass is 742 g/mol. The second-order valence-electron chi connectivity index (χ2n) is 12.4. The van der Waals surface area contributed by atoms with E-state index in [9.17, 15) is 41.1 Å². The molecule has 4 saturated heterocycles. The average Bonchev–Trinajstić information content (AvgIpc) is 3.25. The van der Waals surface area contributed by atoms with Crippen LogP contribution in [0, 0.1) is 0 Å². The summed E-state index contributed by atoms with van der Waals surface area (Å²) in [5.74, 6) is -3.47. The number of nitrogens with zero attached hydrogens (tertiary/aromatic N) is 4. The minimum atomic E-state index is -3.91. The molecule has 0 spiro atoms. The number of hydrogen-bond donors (Lipinski definition) is 2. The standard InChI is InChI=1S/C15H18N3O5PS.C14H15N3O5S.Na/c1-15(2)11(14(20)23-7-24)18-12(19)10(13(18)25(15,21)22)5-9-4-3-8(16)6-17-9;1-14(2)10(13(19)20)17-11(18)9(12(17)23(14,21)22)5-8-4-3-7(15)6-16-8;/h3-6,11,13H,7,16,24H2,1-2H3;3-6,10,12H,15H2,1-2H3,(H,19,20);/q;;+1/p-1/b10-5-;9-5-;/t11-,13+;10-,12+;/m00./s1. The van der Waals surface area contributed by atoms with Crippen LogP contribution in [0.5, 0.6) is 0 Å². The van der Waals surface area contributed by atoms with Gasteiger partial charge in [0.15, 0.2) is 36.5 Å². The number of fused-ring (bicyclic) bond motifs is 2. The molecule has 256 valence electrons. The maximum Gasteiger partial charge on any atom is 1.00 e. The predicted molar refractivity (Wildman–Crippen MR) is 174 cm³/mol. The van der Waals surface area contributed by atoms with Crippen molar-refractivity contribution in [3.05, 3.63) is 59.2 Å². The largest absolute Gasteiger partial charge is 1.00 e. The molecule has 2 aromatic heterocycles. The van der Waals surface area contributed by atoms with E-state index in [1.54, 1.807) is 24.3 Å². The van der Waals surface area contributed by atoms with Crippen LogP contribution in [0.2, 0.25) is 0 Å². The Morgan fingerprint density at radius 2 is 1.22 bits per heavy atom. The molecule has 6 heterocycles. The van der Waals surface area contributed by atoms with Gasteiger partial charge in [0.05, 0.1) is 63.1 Å². The molecule has 0 saturated carbocycles. The summed E-state index contributed by atoms with van der Waals surface area (Å²) in [7, 11) is -5.50. The van der Waals surface area contributed by atoms with Crippen LogP contribution in [0.15, 0.2) is 47.8 Å². The molecule has 0 aromatic carbocycles. The van der Waals surface area contributed by atoms with Gasteiger partial charge in [0.1, 0.15) is 11.1 Å². The van der Waals surface area contributed by atoms with Gasteiger partial charge in [-0.15, -0.1) is 0 Å². The Labute approximate surface area is 306 Å². The number of aromatic nitrogens is 2. The number of sulfone groups is 2. The molecular weight excluding hydrogens is 710 g/mol. The first-order valence-electron chi connectivity index (χ1n) is 14.3. The molecule has 1 unspecified atom stereocenters. The van der Waals surface area contributed by atoms with E-state index in [0.29, 0.717) is 22.8 Å². The van der Waals surface area contributed by atoms with E-state index in [1.165, 1.54) is 52.2 Å². The van der Waals surface area contributed by atoms with Gasteiger partial charge in [-0.2, -0.15) is 0 Å². The molecule has 4 aliphatic rings. The van der Waals surface area contributed by atoms with Gasteiger partial charge < -0.3 is 35.9 Å². The van der Waals surface area contributed by atoms with Crippen LogP contribution < -0.4 is 46.1 Å². The van der Waals surface area contributed by atoms with Crippen LogP contribution in [-0.2, 0) is 43.6 Å². The minimum absolute atomic E-state index is 0. The Balaban J connectivity index is 0.000000217. The SMILES string of the molecule is CC1(C)[C@H](C(=O)OCP)N2C(=O)/C(=C/c3ccc(N)cn3)[C@H]2S1(=O)=O.CC1(C)[C@H](C(=O)[O-])N2C(=O)/C(=C/c3ccc(N)cn3)[C@H]2S1(=O)=O.[Na+]. The molecule has 4 aliphatic heterocycles. The number of aliphatic carboxylic acids is 1. The number of nitrogens with two attached hydrogens (primary N) is 2. The molecule has 2 aromatic rings. The Hall–Kier alpha value is -3.41. The molecule has 0 aliphatic carbocycles. The fourth-order valence-electron chi connectivity index (χ4n) is 6.13. The minimum Gasteiger partial charge on any atom is -0.548 e. The van der Waals surface area contributed by atoms with Crippen molar-refractivity contribution >= 4 is 76.2 Å². The van der Waals surface area contributed by atoms with Crippen LogP contribution in [0.25, 0.3) is 12.2 Å². The molecule has 49 heavy (non-hydrogen) atoms.